The molecule has 0 aromatic heterocycles. The summed E-state index contributed by atoms with van der Waals surface area (Å²) in [4.78, 5) is 44.7. The van der Waals surface area contributed by atoms with E-state index in [9.17, 15) is 14.4 Å². The number of ether oxygens (including phenoxy) is 4. The first-order chi connectivity index (χ1) is 19.8. The maximum absolute atomic E-state index is 14.0. The molecule has 1 saturated carbocycles. The van der Waals surface area contributed by atoms with Gasteiger partial charge in [-0.25, -0.2) is 4.79 Å². The Kier molecular flexibility index (Phi) is 8.57. The van der Waals surface area contributed by atoms with E-state index in [0.717, 1.165) is 43.2 Å². The van der Waals surface area contributed by atoms with Crippen molar-refractivity contribution in [1.29, 1.82) is 0 Å². The minimum absolute atomic E-state index is 0.0419. The molecule has 0 radical (unpaired) electrons. The molecule has 0 spiro atoms. The van der Waals surface area contributed by atoms with Gasteiger partial charge in [-0.05, 0) is 80.3 Å². The van der Waals surface area contributed by atoms with Crippen LogP contribution in [0.15, 0.2) is 58.7 Å². The highest BCUT2D eigenvalue weighted by Crippen LogP contribution is 2.47. The van der Waals surface area contributed by atoms with Crippen LogP contribution in [0.1, 0.15) is 85.2 Å². The largest absolute Gasteiger partial charge is 0.493 e. The molecule has 0 saturated heterocycles. The number of aliphatic imine (C=N–C) groups is 1. The fourth-order valence-electron chi connectivity index (χ4n) is 6.43. The Morgan fingerprint density at radius 2 is 1.54 bits per heavy atom. The Hall–Kier alpha value is -3.94. The first kappa shape index (κ1) is 28.6. The van der Waals surface area contributed by atoms with E-state index in [0.29, 0.717) is 40.5 Å². The number of esters is 2. The molecule has 3 aliphatic rings. The van der Waals surface area contributed by atoms with Gasteiger partial charge in [0.05, 0.1) is 26.9 Å². The molecule has 3 atom stereocenters. The second-order valence-electron chi connectivity index (χ2n) is 11.0. The molecule has 1 heterocycles. The van der Waals surface area contributed by atoms with Gasteiger partial charge in [-0.3, -0.25) is 14.6 Å². The number of hydrogen-bond donors (Lipinski definition) is 0. The van der Waals surface area contributed by atoms with Crippen LogP contribution in [0.2, 0.25) is 0 Å². The van der Waals surface area contributed by atoms with Crippen LogP contribution in [0.25, 0.3) is 0 Å². The molecule has 41 heavy (non-hydrogen) atoms. The van der Waals surface area contributed by atoms with Crippen molar-refractivity contribution < 1.29 is 33.3 Å². The number of benzene rings is 2. The lowest BCUT2D eigenvalue weighted by Crippen LogP contribution is -2.39. The highest BCUT2D eigenvalue weighted by molar-refractivity contribution is 6.09. The van der Waals surface area contributed by atoms with Gasteiger partial charge in [-0.2, -0.15) is 0 Å². The molecule has 216 valence electrons. The molecule has 2 aromatic rings. The van der Waals surface area contributed by atoms with Gasteiger partial charge in [0.15, 0.2) is 17.3 Å². The van der Waals surface area contributed by atoms with E-state index < -0.39 is 17.8 Å². The van der Waals surface area contributed by atoms with Gasteiger partial charge in [0.25, 0.3) is 0 Å². The molecule has 5 rings (SSSR count). The second-order valence-corrected chi connectivity index (χ2v) is 11.0. The van der Waals surface area contributed by atoms with Gasteiger partial charge in [-0.1, -0.05) is 24.6 Å². The monoisotopic (exact) mass is 559 g/mol. The summed E-state index contributed by atoms with van der Waals surface area (Å²) in [5.41, 5.74) is 4.02. The van der Waals surface area contributed by atoms with Crippen LogP contribution >= 0.6 is 0 Å². The Balaban J connectivity index is 1.52. The predicted molar refractivity (Wildman–Crippen MR) is 154 cm³/mol. The van der Waals surface area contributed by atoms with E-state index in [1.807, 2.05) is 25.1 Å². The van der Waals surface area contributed by atoms with E-state index in [1.165, 1.54) is 7.11 Å². The molecule has 0 bridgehead atoms. The van der Waals surface area contributed by atoms with E-state index in [-0.39, 0.29) is 30.2 Å². The molecule has 0 N–H and O–H groups in total. The Morgan fingerprint density at radius 3 is 2.20 bits per heavy atom. The Labute approximate surface area is 240 Å². The third-order valence-corrected chi connectivity index (χ3v) is 8.55. The fourth-order valence-corrected chi connectivity index (χ4v) is 6.43. The van der Waals surface area contributed by atoms with Crippen LogP contribution in [0.3, 0.4) is 0 Å². The highest BCUT2D eigenvalue weighted by atomic mass is 16.5. The first-order valence-electron chi connectivity index (χ1n) is 14.3. The highest BCUT2D eigenvalue weighted by Gasteiger charge is 2.45. The van der Waals surface area contributed by atoms with E-state index in [1.54, 1.807) is 38.5 Å². The standard InChI is InChI=1S/C33H37NO7/c1-19-29(33(37)41-24-8-6-5-7-9-24)30(20-10-12-21(13-11-20)32(36)40-4)31-25(34-19)16-23(17-26(31)35)22-14-15-27(38-2)28(18-22)39-3/h10-15,18,23-24,29-30H,5-9,16-17H2,1-4H3/t23-,29?,30-/m1/s1. The molecule has 0 amide bonds. The topological polar surface area (TPSA) is 100 Å². The molecular weight excluding hydrogens is 522 g/mol. The van der Waals surface area contributed by atoms with Crippen molar-refractivity contribution in [2.75, 3.05) is 21.3 Å². The summed E-state index contributed by atoms with van der Waals surface area (Å²) in [7, 11) is 4.51. The summed E-state index contributed by atoms with van der Waals surface area (Å²) in [6.07, 6.45) is 5.66. The lowest BCUT2D eigenvalue weighted by atomic mass is 9.69. The minimum atomic E-state index is -0.721. The zero-order valence-corrected chi connectivity index (χ0v) is 24.1. The minimum Gasteiger partial charge on any atom is -0.493 e. The summed E-state index contributed by atoms with van der Waals surface area (Å²) in [6.45, 7) is 1.84. The summed E-state index contributed by atoms with van der Waals surface area (Å²) >= 11 is 0. The summed E-state index contributed by atoms with van der Waals surface area (Å²) < 4.78 is 21.8. The van der Waals surface area contributed by atoms with Crippen LogP contribution < -0.4 is 9.47 Å². The lowest BCUT2D eigenvalue weighted by molar-refractivity contribution is -0.153. The second kappa shape index (κ2) is 12.3. The smallest absolute Gasteiger partial charge is 0.337 e. The number of allylic oxidation sites excluding steroid dienone is 2. The third-order valence-electron chi connectivity index (χ3n) is 8.55. The SMILES string of the molecule is COC(=O)c1ccc([C@H]2C3=C(C[C@@H](c4ccc(OC)c(OC)c4)CC3=O)N=C(C)C2C(=O)OC2CCCCC2)cc1. The zero-order valence-electron chi connectivity index (χ0n) is 24.1. The average molecular weight is 560 g/mol. The van der Waals surface area contributed by atoms with Crippen molar-refractivity contribution in [2.24, 2.45) is 10.9 Å². The number of hydrogen-bond acceptors (Lipinski definition) is 8. The summed E-state index contributed by atoms with van der Waals surface area (Å²) in [6, 6.07) is 12.7. The number of ketones is 1. The van der Waals surface area contributed by atoms with Crippen molar-refractivity contribution in [3.63, 3.8) is 0 Å². The van der Waals surface area contributed by atoms with Crippen LogP contribution in [-0.4, -0.2) is 50.9 Å². The number of rotatable bonds is 7. The van der Waals surface area contributed by atoms with Crippen molar-refractivity contribution in [1.82, 2.24) is 0 Å². The van der Waals surface area contributed by atoms with Crippen molar-refractivity contribution in [3.05, 3.63) is 70.4 Å². The number of carbonyl (C=O) groups is 3. The molecule has 8 nitrogen and oxygen atoms in total. The number of carbonyl (C=O) groups excluding carboxylic acids is 3. The molecular formula is C33H37NO7. The number of nitrogens with zero attached hydrogens (tertiary/aromatic N) is 1. The molecule has 2 aromatic carbocycles. The van der Waals surface area contributed by atoms with Gasteiger partial charge in [0.2, 0.25) is 0 Å². The van der Waals surface area contributed by atoms with Crippen molar-refractivity contribution in [3.8, 4) is 11.5 Å². The number of Topliss-reactive ketones (excluding diaryl/α,β-unsaturated/α-hetero) is 1. The normalized spacial score (nSPS) is 22.9. The quantitative estimate of drug-likeness (QED) is 0.387. The molecule has 1 aliphatic heterocycles. The van der Waals surface area contributed by atoms with Gasteiger partial charge >= 0.3 is 11.9 Å². The van der Waals surface area contributed by atoms with E-state index >= 15 is 0 Å². The van der Waals surface area contributed by atoms with Crippen LogP contribution in [0.5, 0.6) is 11.5 Å². The lowest BCUT2D eigenvalue weighted by Gasteiger charge is -2.37. The zero-order chi connectivity index (χ0) is 29.1. The molecule has 1 fully saturated rings. The molecule has 8 heteroatoms. The van der Waals surface area contributed by atoms with Crippen molar-refractivity contribution in [2.45, 2.75) is 69.8 Å². The average Bonchev–Trinajstić information content (AvgIpc) is 3.00. The predicted octanol–water partition coefficient (Wildman–Crippen LogP) is 5.94. The van der Waals surface area contributed by atoms with Crippen LogP contribution in [-0.2, 0) is 19.1 Å². The fraction of sp³-hybridized carbons (Fsp3) is 0.455. The Bertz CT molecular complexity index is 1380. The van der Waals surface area contributed by atoms with Crippen molar-refractivity contribution >= 4 is 23.4 Å². The maximum Gasteiger partial charge on any atom is 0.337 e. The molecule has 2 aliphatic carbocycles. The summed E-state index contributed by atoms with van der Waals surface area (Å²) in [5.74, 6) is -0.968. The first-order valence-corrected chi connectivity index (χ1v) is 14.3. The molecule has 1 unspecified atom stereocenters. The summed E-state index contributed by atoms with van der Waals surface area (Å²) in [5, 5.41) is 0. The van der Waals surface area contributed by atoms with Gasteiger partial charge < -0.3 is 18.9 Å². The van der Waals surface area contributed by atoms with Gasteiger partial charge in [-0.15, -0.1) is 0 Å². The van der Waals surface area contributed by atoms with Crippen LogP contribution in [0.4, 0.5) is 0 Å². The van der Waals surface area contributed by atoms with Gasteiger partial charge in [0.1, 0.15) is 12.0 Å². The van der Waals surface area contributed by atoms with Gasteiger partial charge in [0, 0.05) is 29.3 Å². The number of methoxy groups -OCH3 is 3. The van der Waals surface area contributed by atoms with E-state index in [2.05, 4.69) is 0 Å². The maximum atomic E-state index is 14.0. The van der Waals surface area contributed by atoms with E-state index in [4.69, 9.17) is 23.9 Å². The van der Waals surface area contributed by atoms with Crippen LogP contribution in [0, 0.1) is 5.92 Å². The third kappa shape index (κ3) is 5.78. The Morgan fingerprint density at radius 1 is 0.854 bits per heavy atom.